The number of thiophene rings is 1. The molecule has 0 unspecified atom stereocenters. The van der Waals surface area contributed by atoms with E-state index in [0.717, 1.165) is 12.8 Å². The van der Waals surface area contributed by atoms with Crippen LogP contribution in [-0.4, -0.2) is 44.9 Å². The summed E-state index contributed by atoms with van der Waals surface area (Å²) in [7, 11) is 1.30. The van der Waals surface area contributed by atoms with Gasteiger partial charge < -0.3 is 10.1 Å². The van der Waals surface area contributed by atoms with Crippen LogP contribution < -0.4 is 5.32 Å². The molecule has 11 heteroatoms. The Morgan fingerprint density at radius 1 is 1.34 bits per heavy atom. The number of halogens is 1. The van der Waals surface area contributed by atoms with Crippen LogP contribution in [0.1, 0.15) is 29.2 Å². The minimum absolute atomic E-state index is 0.118. The monoisotopic (exact) mass is 449 g/mol. The largest absolute Gasteiger partial charge is 0.465 e. The Morgan fingerprint density at radius 2 is 2.14 bits per heavy atom. The van der Waals surface area contributed by atoms with Gasteiger partial charge in [0.15, 0.2) is 0 Å². The van der Waals surface area contributed by atoms with Crippen molar-refractivity contribution >= 4 is 51.6 Å². The minimum atomic E-state index is -0.540. The Labute approximate surface area is 179 Å². The standard InChI is InChI=1S/C18H16ClN5O3S2/c1-27-17(26)15-12(11-4-2-3-5-13(11)19)8-28-16(15)20-14(25)9-29-18-21-22-23-24(18)10-6-7-10/h2-5,8,10H,6-7,9H2,1H3,(H,20,25). The average Bonchev–Trinajstić information content (AvgIpc) is 3.32. The van der Waals surface area contributed by atoms with E-state index in [-0.39, 0.29) is 17.2 Å². The van der Waals surface area contributed by atoms with E-state index in [2.05, 4.69) is 20.8 Å². The van der Waals surface area contributed by atoms with E-state index in [1.54, 1.807) is 16.1 Å². The SMILES string of the molecule is COC(=O)c1c(-c2ccccc2Cl)csc1NC(=O)CSc1nnnn1C1CC1. The Bertz CT molecular complexity index is 1060. The molecule has 1 fully saturated rings. The van der Waals surface area contributed by atoms with Gasteiger partial charge in [0.1, 0.15) is 10.6 Å². The molecule has 1 aromatic carbocycles. The lowest BCUT2D eigenvalue weighted by molar-refractivity contribution is -0.113. The molecule has 29 heavy (non-hydrogen) atoms. The van der Waals surface area contributed by atoms with E-state index in [9.17, 15) is 9.59 Å². The summed E-state index contributed by atoms with van der Waals surface area (Å²) in [5.41, 5.74) is 1.60. The lowest BCUT2D eigenvalue weighted by Gasteiger charge is -2.08. The molecule has 2 aromatic heterocycles. The number of amides is 1. The number of hydrogen-bond donors (Lipinski definition) is 1. The van der Waals surface area contributed by atoms with Gasteiger partial charge in [-0.1, -0.05) is 41.6 Å². The van der Waals surface area contributed by atoms with E-state index < -0.39 is 5.97 Å². The van der Waals surface area contributed by atoms with Gasteiger partial charge in [-0.2, -0.15) is 0 Å². The van der Waals surface area contributed by atoms with Crippen molar-refractivity contribution < 1.29 is 14.3 Å². The first kappa shape index (κ1) is 19.9. The number of carbonyl (C=O) groups is 2. The van der Waals surface area contributed by atoms with Crippen molar-refractivity contribution in [3.63, 3.8) is 0 Å². The van der Waals surface area contributed by atoms with E-state index in [4.69, 9.17) is 16.3 Å². The van der Waals surface area contributed by atoms with Gasteiger partial charge in [0.05, 0.1) is 18.9 Å². The van der Waals surface area contributed by atoms with Gasteiger partial charge in [0.2, 0.25) is 11.1 Å². The number of esters is 1. The summed E-state index contributed by atoms with van der Waals surface area (Å²) in [6.45, 7) is 0. The summed E-state index contributed by atoms with van der Waals surface area (Å²) in [6.07, 6.45) is 2.10. The molecule has 0 spiro atoms. The third-order valence-electron chi connectivity index (χ3n) is 4.29. The van der Waals surface area contributed by atoms with Gasteiger partial charge in [-0.15, -0.1) is 16.4 Å². The molecule has 0 bridgehead atoms. The fraction of sp³-hybridized carbons (Fsp3) is 0.278. The average molecular weight is 450 g/mol. The topological polar surface area (TPSA) is 99.0 Å². The Hall–Kier alpha value is -2.43. The second-order valence-electron chi connectivity index (χ2n) is 6.30. The fourth-order valence-electron chi connectivity index (χ4n) is 2.75. The van der Waals surface area contributed by atoms with Crippen LogP contribution in [0.15, 0.2) is 34.8 Å². The molecule has 1 saturated carbocycles. The summed E-state index contributed by atoms with van der Waals surface area (Å²) in [6, 6.07) is 7.53. The van der Waals surface area contributed by atoms with Crippen molar-refractivity contribution in [1.82, 2.24) is 20.2 Å². The maximum atomic E-state index is 12.5. The molecule has 3 aromatic rings. The van der Waals surface area contributed by atoms with E-state index in [1.165, 1.54) is 30.2 Å². The highest BCUT2D eigenvalue weighted by molar-refractivity contribution is 7.99. The van der Waals surface area contributed by atoms with Crippen molar-refractivity contribution in [2.24, 2.45) is 0 Å². The Kier molecular flexibility index (Phi) is 5.84. The number of rotatable bonds is 7. The Balaban J connectivity index is 1.52. The van der Waals surface area contributed by atoms with Crippen molar-refractivity contribution in [2.45, 2.75) is 24.0 Å². The van der Waals surface area contributed by atoms with Crippen molar-refractivity contribution in [1.29, 1.82) is 0 Å². The van der Waals surface area contributed by atoms with Crippen LogP contribution in [0.5, 0.6) is 0 Å². The van der Waals surface area contributed by atoms with Crippen LogP contribution in [-0.2, 0) is 9.53 Å². The second-order valence-corrected chi connectivity index (χ2v) is 8.53. The minimum Gasteiger partial charge on any atom is -0.465 e. The first-order chi connectivity index (χ1) is 14.1. The first-order valence-corrected chi connectivity index (χ1v) is 11.0. The molecule has 2 heterocycles. The smallest absolute Gasteiger partial charge is 0.341 e. The molecule has 8 nitrogen and oxygen atoms in total. The summed E-state index contributed by atoms with van der Waals surface area (Å²) in [5, 5.41) is 17.7. The number of benzene rings is 1. The number of thioether (sulfide) groups is 1. The zero-order chi connectivity index (χ0) is 20.4. The van der Waals surface area contributed by atoms with Crippen molar-refractivity contribution in [2.75, 3.05) is 18.2 Å². The number of tetrazole rings is 1. The second kappa shape index (κ2) is 8.52. The first-order valence-electron chi connectivity index (χ1n) is 8.73. The molecular formula is C18H16ClN5O3S2. The predicted octanol–water partition coefficient (Wildman–Crippen LogP) is 3.91. The highest BCUT2D eigenvalue weighted by Gasteiger charge is 2.28. The molecule has 1 N–H and O–H groups in total. The molecule has 1 aliphatic carbocycles. The molecule has 4 rings (SSSR count). The number of methoxy groups -OCH3 is 1. The third kappa shape index (κ3) is 4.29. The normalized spacial score (nSPS) is 13.3. The number of ether oxygens (including phenoxy) is 1. The summed E-state index contributed by atoms with van der Waals surface area (Å²) in [4.78, 5) is 24.9. The van der Waals surface area contributed by atoms with Crippen LogP contribution >= 0.6 is 34.7 Å². The number of nitrogens with one attached hydrogen (secondary N) is 1. The number of carbonyl (C=O) groups excluding carboxylic acids is 2. The summed E-state index contributed by atoms with van der Waals surface area (Å²) in [5.74, 6) is -0.688. The van der Waals surface area contributed by atoms with Gasteiger partial charge in [0.25, 0.3) is 0 Å². The maximum absolute atomic E-state index is 12.5. The number of anilines is 1. The lowest BCUT2D eigenvalue weighted by Crippen LogP contribution is -2.16. The van der Waals surface area contributed by atoms with Crippen LogP contribution in [0.3, 0.4) is 0 Å². The number of aromatic nitrogens is 4. The number of nitrogens with zero attached hydrogens (tertiary/aromatic N) is 4. The van der Waals surface area contributed by atoms with Crippen LogP contribution in [0, 0.1) is 0 Å². The molecule has 0 radical (unpaired) electrons. The zero-order valence-corrected chi connectivity index (χ0v) is 17.7. The van der Waals surface area contributed by atoms with Gasteiger partial charge in [-0.3, -0.25) is 4.79 Å². The van der Waals surface area contributed by atoms with E-state index in [0.29, 0.717) is 32.3 Å². The molecule has 1 amide bonds. The third-order valence-corrected chi connectivity index (χ3v) is 6.44. The summed E-state index contributed by atoms with van der Waals surface area (Å²) < 4.78 is 6.67. The molecule has 150 valence electrons. The zero-order valence-electron chi connectivity index (χ0n) is 15.3. The lowest BCUT2D eigenvalue weighted by atomic mass is 10.0. The predicted molar refractivity (Wildman–Crippen MR) is 112 cm³/mol. The molecule has 0 saturated heterocycles. The van der Waals surface area contributed by atoms with Crippen LogP contribution in [0.2, 0.25) is 5.02 Å². The van der Waals surface area contributed by atoms with Gasteiger partial charge in [-0.25, -0.2) is 9.48 Å². The maximum Gasteiger partial charge on any atom is 0.341 e. The molecule has 1 aliphatic rings. The van der Waals surface area contributed by atoms with E-state index in [1.807, 2.05) is 18.2 Å². The summed E-state index contributed by atoms with van der Waals surface area (Å²) >= 11 is 8.79. The van der Waals surface area contributed by atoms with Crippen LogP contribution in [0.4, 0.5) is 5.00 Å². The molecular weight excluding hydrogens is 434 g/mol. The highest BCUT2D eigenvalue weighted by Crippen LogP contribution is 2.39. The van der Waals surface area contributed by atoms with Gasteiger partial charge in [-0.05, 0) is 29.3 Å². The molecule has 0 atom stereocenters. The van der Waals surface area contributed by atoms with Crippen molar-refractivity contribution in [3.05, 3.63) is 40.2 Å². The van der Waals surface area contributed by atoms with Gasteiger partial charge in [0, 0.05) is 21.5 Å². The number of hydrogen-bond acceptors (Lipinski definition) is 8. The van der Waals surface area contributed by atoms with E-state index >= 15 is 0 Å². The van der Waals surface area contributed by atoms with Crippen molar-refractivity contribution in [3.8, 4) is 11.1 Å². The quantitative estimate of drug-likeness (QED) is 0.431. The molecule has 0 aliphatic heterocycles. The van der Waals surface area contributed by atoms with Crippen LogP contribution in [0.25, 0.3) is 11.1 Å². The van der Waals surface area contributed by atoms with Gasteiger partial charge >= 0.3 is 5.97 Å². The fourth-order valence-corrected chi connectivity index (χ4v) is 4.70. The highest BCUT2D eigenvalue weighted by atomic mass is 35.5. The Morgan fingerprint density at radius 3 is 2.86 bits per heavy atom.